The van der Waals surface area contributed by atoms with Crippen LogP contribution in [0.25, 0.3) is 6.08 Å². The normalized spacial score (nSPS) is 16.1. The molecule has 4 rings (SSSR count). The van der Waals surface area contributed by atoms with Crippen LogP contribution in [0.2, 0.25) is 5.02 Å². The molecule has 0 aliphatic carbocycles. The Morgan fingerprint density at radius 3 is 2.65 bits per heavy atom. The van der Waals surface area contributed by atoms with E-state index in [9.17, 15) is 9.59 Å². The molecule has 3 aromatic rings. The summed E-state index contributed by atoms with van der Waals surface area (Å²) in [4.78, 5) is 31.4. The van der Waals surface area contributed by atoms with Crippen LogP contribution in [0, 0.1) is 0 Å². The van der Waals surface area contributed by atoms with E-state index >= 15 is 0 Å². The van der Waals surface area contributed by atoms with E-state index in [2.05, 4.69) is 20.9 Å². The molecule has 2 heterocycles. The first-order valence-corrected chi connectivity index (χ1v) is 11.6. The molecule has 0 saturated carbocycles. The van der Waals surface area contributed by atoms with Crippen molar-refractivity contribution in [2.45, 2.75) is 19.9 Å². The molecule has 0 radical (unpaired) electrons. The lowest BCUT2D eigenvalue weighted by Crippen LogP contribution is -2.39. The quantitative estimate of drug-likeness (QED) is 0.487. The molecule has 1 aromatic heterocycles. The van der Waals surface area contributed by atoms with E-state index in [4.69, 9.17) is 16.3 Å². The molecular formula is C23H18BrClN2O3S. The van der Waals surface area contributed by atoms with Gasteiger partial charge in [-0.1, -0.05) is 69.2 Å². The zero-order valence-corrected chi connectivity index (χ0v) is 19.9. The minimum atomic E-state index is -0.628. The number of carbonyl (C=O) groups excluding carboxylic acids is 1. The van der Waals surface area contributed by atoms with Crippen molar-refractivity contribution in [3.8, 4) is 0 Å². The monoisotopic (exact) mass is 516 g/mol. The van der Waals surface area contributed by atoms with Crippen molar-refractivity contribution < 1.29 is 9.53 Å². The summed E-state index contributed by atoms with van der Waals surface area (Å²) in [5, 5.41) is 0.557. The van der Waals surface area contributed by atoms with Gasteiger partial charge in [0.25, 0.3) is 5.56 Å². The number of nitrogens with zero attached hydrogens (tertiary/aromatic N) is 2. The van der Waals surface area contributed by atoms with Gasteiger partial charge in [0, 0.05) is 9.50 Å². The Morgan fingerprint density at radius 1 is 1.26 bits per heavy atom. The number of rotatable bonds is 4. The van der Waals surface area contributed by atoms with Crippen LogP contribution in [0.15, 0.2) is 74.1 Å². The highest BCUT2D eigenvalue weighted by molar-refractivity contribution is 9.10. The standard InChI is InChI=1S/C23H18BrClN2O3S/c1-3-30-22(29)19-13(2)26-23-27(20(19)14-8-10-16(24)11-9-14)21(28)18(31-23)12-15-6-4-5-7-17(15)25/h4-12,20H,3H2,1-2H3/b18-12-/t20-/m0/s1. The molecule has 0 fully saturated rings. The van der Waals surface area contributed by atoms with Crippen molar-refractivity contribution in [1.29, 1.82) is 0 Å². The van der Waals surface area contributed by atoms with Gasteiger partial charge in [-0.25, -0.2) is 9.79 Å². The van der Waals surface area contributed by atoms with Crippen molar-refractivity contribution in [1.82, 2.24) is 4.57 Å². The fourth-order valence-electron chi connectivity index (χ4n) is 3.49. The molecule has 0 N–H and O–H groups in total. The van der Waals surface area contributed by atoms with Crippen LogP contribution in [-0.4, -0.2) is 17.1 Å². The largest absolute Gasteiger partial charge is 0.463 e. The number of hydrogen-bond donors (Lipinski definition) is 0. The highest BCUT2D eigenvalue weighted by Crippen LogP contribution is 2.31. The van der Waals surface area contributed by atoms with Gasteiger partial charge in [0.05, 0.1) is 28.5 Å². The highest BCUT2D eigenvalue weighted by Gasteiger charge is 2.33. The summed E-state index contributed by atoms with van der Waals surface area (Å²) >= 11 is 11.0. The molecule has 1 atom stereocenters. The van der Waals surface area contributed by atoms with Gasteiger partial charge in [0.1, 0.15) is 0 Å². The number of esters is 1. The number of halogens is 2. The lowest BCUT2D eigenvalue weighted by molar-refractivity contribution is -0.139. The van der Waals surface area contributed by atoms with Gasteiger partial charge in [0.2, 0.25) is 0 Å². The van der Waals surface area contributed by atoms with E-state index in [1.54, 1.807) is 30.6 Å². The van der Waals surface area contributed by atoms with E-state index < -0.39 is 12.0 Å². The molecule has 0 spiro atoms. The van der Waals surface area contributed by atoms with Crippen LogP contribution in [0.4, 0.5) is 0 Å². The SMILES string of the molecule is CCOC(=O)C1=C(C)N=c2s/c(=C\c3ccccc3Cl)c(=O)n2[C@H]1c1ccc(Br)cc1. The molecule has 158 valence electrons. The molecule has 0 bridgehead atoms. The first kappa shape index (κ1) is 21.7. The summed E-state index contributed by atoms with van der Waals surface area (Å²) in [6.45, 7) is 3.75. The second-order valence-electron chi connectivity index (χ2n) is 6.88. The van der Waals surface area contributed by atoms with Crippen LogP contribution in [-0.2, 0) is 9.53 Å². The van der Waals surface area contributed by atoms with Crippen LogP contribution in [0.5, 0.6) is 0 Å². The van der Waals surface area contributed by atoms with Crippen LogP contribution < -0.4 is 14.9 Å². The lowest BCUT2D eigenvalue weighted by atomic mass is 9.96. The Kier molecular flexibility index (Phi) is 6.27. The summed E-state index contributed by atoms with van der Waals surface area (Å²) < 4.78 is 8.26. The average molecular weight is 518 g/mol. The summed E-state index contributed by atoms with van der Waals surface area (Å²) in [7, 11) is 0. The van der Waals surface area contributed by atoms with Gasteiger partial charge in [-0.3, -0.25) is 9.36 Å². The van der Waals surface area contributed by atoms with Crippen LogP contribution >= 0.6 is 38.9 Å². The second-order valence-corrected chi connectivity index (χ2v) is 9.21. The maximum atomic E-state index is 13.5. The smallest absolute Gasteiger partial charge is 0.338 e. The third-order valence-corrected chi connectivity index (χ3v) is 6.75. The Bertz CT molecular complexity index is 1370. The minimum Gasteiger partial charge on any atom is -0.463 e. The summed E-state index contributed by atoms with van der Waals surface area (Å²) in [5.41, 5.74) is 2.21. The zero-order chi connectivity index (χ0) is 22.1. The molecule has 1 aliphatic rings. The minimum absolute atomic E-state index is 0.231. The fourth-order valence-corrected chi connectivity index (χ4v) is 4.98. The fraction of sp³-hybridized carbons (Fsp3) is 0.174. The summed E-state index contributed by atoms with van der Waals surface area (Å²) in [6.07, 6.45) is 1.76. The van der Waals surface area contributed by atoms with Crippen molar-refractivity contribution in [2.75, 3.05) is 6.61 Å². The average Bonchev–Trinajstić information content (AvgIpc) is 3.04. The van der Waals surface area contributed by atoms with Gasteiger partial charge in [-0.2, -0.15) is 0 Å². The van der Waals surface area contributed by atoms with Gasteiger partial charge in [-0.05, 0) is 49.2 Å². The Hall–Kier alpha value is -2.48. The molecule has 2 aromatic carbocycles. The predicted molar refractivity (Wildman–Crippen MR) is 126 cm³/mol. The van der Waals surface area contributed by atoms with Gasteiger partial charge < -0.3 is 4.74 Å². The number of ether oxygens (including phenoxy) is 1. The number of benzene rings is 2. The number of allylic oxidation sites excluding steroid dienone is 1. The number of fused-ring (bicyclic) bond motifs is 1. The molecular weight excluding hydrogens is 500 g/mol. The molecule has 0 saturated heterocycles. The second kappa shape index (κ2) is 8.94. The van der Waals surface area contributed by atoms with Crippen molar-refractivity contribution >= 4 is 50.9 Å². The number of carbonyl (C=O) groups is 1. The zero-order valence-electron chi connectivity index (χ0n) is 16.8. The topological polar surface area (TPSA) is 60.7 Å². The van der Waals surface area contributed by atoms with E-state index in [0.29, 0.717) is 25.6 Å². The van der Waals surface area contributed by atoms with E-state index in [-0.39, 0.29) is 12.2 Å². The Labute approximate surface area is 196 Å². The van der Waals surface area contributed by atoms with Crippen molar-refractivity contribution in [3.63, 3.8) is 0 Å². The van der Waals surface area contributed by atoms with E-state index in [1.807, 2.05) is 42.5 Å². The Balaban J connectivity index is 1.97. The maximum absolute atomic E-state index is 13.5. The molecule has 0 amide bonds. The first-order valence-electron chi connectivity index (χ1n) is 9.60. The number of hydrogen-bond acceptors (Lipinski definition) is 5. The van der Waals surface area contributed by atoms with Crippen LogP contribution in [0.1, 0.15) is 31.0 Å². The summed E-state index contributed by atoms with van der Waals surface area (Å²) in [6, 6.07) is 14.2. The highest BCUT2D eigenvalue weighted by atomic mass is 79.9. The third kappa shape index (κ3) is 4.18. The number of thiazole rings is 1. The van der Waals surface area contributed by atoms with E-state index in [0.717, 1.165) is 15.6 Å². The third-order valence-electron chi connectivity index (χ3n) is 4.89. The Morgan fingerprint density at radius 2 is 1.97 bits per heavy atom. The molecule has 1 aliphatic heterocycles. The maximum Gasteiger partial charge on any atom is 0.338 e. The first-order chi connectivity index (χ1) is 14.9. The van der Waals surface area contributed by atoms with Crippen molar-refractivity contribution in [3.05, 3.63) is 100 Å². The van der Waals surface area contributed by atoms with Gasteiger partial charge in [-0.15, -0.1) is 0 Å². The molecule has 5 nitrogen and oxygen atoms in total. The molecule has 31 heavy (non-hydrogen) atoms. The van der Waals surface area contributed by atoms with Crippen LogP contribution in [0.3, 0.4) is 0 Å². The van der Waals surface area contributed by atoms with Gasteiger partial charge >= 0.3 is 5.97 Å². The summed E-state index contributed by atoms with van der Waals surface area (Å²) in [5.74, 6) is -0.475. The van der Waals surface area contributed by atoms with Crippen molar-refractivity contribution in [2.24, 2.45) is 4.99 Å². The molecule has 0 unspecified atom stereocenters. The van der Waals surface area contributed by atoms with Gasteiger partial charge in [0.15, 0.2) is 4.80 Å². The van der Waals surface area contributed by atoms with E-state index in [1.165, 1.54) is 11.3 Å². The predicted octanol–water partition coefficient (Wildman–Crippen LogP) is 4.21. The lowest BCUT2D eigenvalue weighted by Gasteiger charge is -2.24. The number of aromatic nitrogens is 1. The molecule has 8 heteroatoms.